The van der Waals surface area contributed by atoms with Crippen LogP contribution in [-0.2, 0) is 4.79 Å². The van der Waals surface area contributed by atoms with Gasteiger partial charge in [-0.15, -0.1) is 12.4 Å². The van der Waals surface area contributed by atoms with Gasteiger partial charge in [-0.05, 0) is 17.7 Å². The van der Waals surface area contributed by atoms with Crippen molar-refractivity contribution >= 4 is 18.4 Å². The van der Waals surface area contributed by atoms with Gasteiger partial charge in [0.25, 0.3) is 0 Å². The number of carbonyl (C=O) groups excluding carboxylic acids is 1. The van der Waals surface area contributed by atoms with E-state index in [0.29, 0.717) is 11.3 Å². The van der Waals surface area contributed by atoms with Crippen molar-refractivity contribution in [3.05, 3.63) is 29.8 Å². The maximum absolute atomic E-state index is 12.1. The first-order valence-electron chi connectivity index (χ1n) is 4.81. The molecule has 0 fully saturated rings. The highest BCUT2D eigenvalue weighted by atomic mass is 35.5. The number of hydrogen-bond donors (Lipinski definition) is 1. The van der Waals surface area contributed by atoms with Crippen molar-refractivity contribution in [3.8, 4) is 5.75 Å². The van der Waals surface area contributed by atoms with E-state index in [1.54, 1.807) is 18.2 Å². The molecule has 6 heteroatoms. The summed E-state index contributed by atoms with van der Waals surface area (Å²) in [6.45, 7) is 1.27. The molecule has 0 aromatic heterocycles. The summed E-state index contributed by atoms with van der Waals surface area (Å²) >= 11 is 0. The molecule has 0 heterocycles. The molecule has 0 saturated carbocycles. The van der Waals surface area contributed by atoms with Crippen molar-refractivity contribution in [2.24, 2.45) is 5.73 Å². The van der Waals surface area contributed by atoms with Gasteiger partial charge < -0.3 is 10.5 Å². The lowest BCUT2D eigenvalue weighted by Gasteiger charge is -2.12. The molecule has 96 valence electrons. The summed E-state index contributed by atoms with van der Waals surface area (Å²) in [6, 6.07) is 5.54. The van der Waals surface area contributed by atoms with Crippen LogP contribution < -0.4 is 10.5 Å². The Kier molecular flexibility index (Phi) is 6.68. The number of carbonyl (C=O) groups is 1. The fourth-order valence-corrected chi connectivity index (χ4v) is 1.30. The molecule has 0 bridgehead atoms. The smallest absolute Gasteiger partial charge is 0.308 e. The highest BCUT2D eigenvalue weighted by molar-refractivity contribution is 5.85. The second-order valence-corrected chi connectivity index (χ2v) is 3.40. The van der Waals surface area contributed by atoms with E-state index in [1.807, 2.05) is 0 Å². The van der Waals surface area contributed by atoms with E-state index in [4.69, 9.17) is 10.5 Å². The lowest BCUT2D eigenvalue weighted by molar-refractivity contribution is -0.131. The third-order valence-corrected chi connectivity index (χ3v) is 1.98. The van der Waals surface area contributed by atoms with Gasteiger partial charge >= 0.3 is 5.97 Å². The van der Waals surface area contributed by atoms with E-state index >= 15 is 0 Å². The van der Waals surface area contributed by atoms with E-state index in [-0.39, 0.29) is 12.4 Å². The van der Waals surface area contributed by atoms with Gasteiger partial charge in [-0.2, -0.15) is 0 Å². The minimum atomic E-state index is -2.45. The topological polar surface area (TPSA) is 52.3 Å². The summed E-state index contributed by atoms with van der Waals surface area (Å²) < 4.78 is 29.1. The summed E-state index contributed by atoms with van der Waals surface area (Å²) in [5.41, 5.74) is 6.10. The van der Waals surface area contributed by atoms with Crippen LogP contribution in [0.5, 0.6) is 5.75 Å². The second kappa shape index (κ2) is 7.19. The zero-order chi connectivity index (χ0) is 12.1. The highest BCUT2D eigenvalue weighted by Gasteiger charge is 2.13. The van der Waals surface area contributed by atoms with Gasteiger partial charge in [-0.25, -0.2) is 8.78 Å². The molecule has 1 aromatic rings. The first-order chi connectivity index (χ1) is 7.49. The third kappa shape index (κ3) is 5.60. The molecule has 0 aliphatic rings. The maximum Gasteiger partial charge on any atom is 0.308 e. The number of ether oxygens (including phenoxy) is 1. The van der Waals surface area contributed by atoms with Crippen molar-refractivity contribution in [2.45, 2.75) is 25.8 Å². The molecule has 1 aromatic carbocycles. The van der Waals surface area contributed by atoms with Gasteiger partial charge in [0.05, 0.1) is 0 Å². The fourth-order valence-electron chi connectivity index (χ4n) is 1.30. The maximum atomic E-state index is 12.1. The molecular weight excluding hydrogens is 252 g/mol. The Balaban J connectivity index is 0.00000256. The summed E-state index contributed by atoms with van der Waals surface area (Å²) in [6.07, 6.45) is -2.86. The summed E-state index contributed by atoms with van der Waals surface area (Å²) in [4.78, 5) is 10.7. The first kappa shape index (κ1) is 15.8. The second-order valence-electron chi connectivity index (χ2n) is 3.40. The monoisotopic (exact) mass is 265 g/mol. The quantitative estimate of drug-likeness (QED) is 0.673. The fraction of sp³-hybridized carbons (Fsp3) is 0.364. The van der Waals surface area contributed by atoms with Crippen molar-refractivity contribution in [3.63, 3.8) is 0 Å². The number of halogens is 3. The number of rotatable bonds is 4. The number of alkyl halides is 2. The van der Waals surface area contributed by atoms with Gasteiger partial charge in [0.1, 0.15) is 5.75 Å². The van der Waals surface area contributed by atoms with Gasteiger partial charge in [-0.1, -0.05) is 12.1 Å². The Morgan fingerprint density at radius 1 is 1.47 bits per heavy atom. The predicted octanol–water partition coefficient (Wildman–Crippen LogP) is 2.69. The molecular formula is C11H14ClF2NO2. The van der Waals surface area contributed by atoms with Crippen LogP contribution in [0.15, 0.2) is 24.3 Å². The van der Waals surface area contributed by atoms with E-state index in [0.717, 1.165) is 0 Å². The van der Waals surface area contributed by atoms with Crippen LogP contribution in [0.2, 0.25) is 0 Å². The van der Waals surface area contributed by atoms with E-state index < -0.39 is 24.9 Å². The van der Waals surface area contributed by atoms with Crippen molar-refractivity contribution in [2.75, 3.05) is 0 Å². The lowest BCUT2D eigenvalue weighted by atomic mass is 10.0. The van der Waals surface area contributed by atoms with Gasteiger partial charge in [0.2, 0.25) is 6.43 Å². The Morgan fingerprint density at radius 2 is 2.12 bits per heavy atom. The van der Waals surface area contributed by atoms with Crippen LogP contribution in [0, 0.1) is 0 Å². The van der Waals surface area contributed by atoms with Gasteiger partial charge in [-0.3, -0.25) is 4.79 Å². The molecule has 2 N–H and O–H groups in total. The Labute approximate surface area is 104 Å². The van der Waals surface area contributed by atoms with Crippen LogP contribution in [0.3, 0.4) is 0 Å². The molecule has 0 aliphatic heterocycles. The molecule has 0 aliphatic carbocycles. The molecule has 17 heavy (non-hydrogen) atoms. The summed E-state index contributed by atoms with van der Waals surface area (Å²) in [5, 5.41) is 0. The summed E-state index contributed by atoms with van der Waals surface area (Å²) in [7, 11) is 0. The van der Waals surface area contributed by atoms with Gasteiger partial charge in [0, 0.05) is 19.4 Å². The molecule has 0 radical (unpaired) electrons. The average Bonchev–Trinajstić information content (AvgIpc) is 2.16. The molecule has 0 amide bonds. The van der Waals surface area contributed by atoms with E-state index in [2.05, 4.69) is 0 Å². The molecule has 0 unspecified atom stereocenters. The number of esters is 1. The van der Waals surface area contributed by atoms with Crippen LogP contribution in [0.1, 0.15) is 24.9 Å². The average molecular weight is 266 g/mol. The van der Waals surface area contributed by atoms with Crippen LogP contribution in [0.25, 0.3) is 0 Å². The summed E-state index contributed by atoms with van der Waals surface area (Å²) in [5.74, 6) is -0.144. The minimum absolute atomic E-state index is 0. The molecule has 1 atom stereocenters. The number of nitrogens with two attached hydrogens (primary N) is 1. The van der Waals surface area contributed by atoms with Crippen molar-refractivity contribution in [1.29, 1.82) is 0 Å². The highest BCUT2D eigenvalue weighted by Crippen LogP contribution is 2.22. The zero-order valence-corrected chi connectivity index (χ0v) is 10.0. The first-order valence-corrected chi connectivity index (χ1v) is 4.81. The number of hydrogen-bond acceptors (Lipinski definition) is 3. The predicted molar refractivity (Wildman–Crippen MR) is 62.5 cm³/mol. The third-order valence-electron chi connectivity index (χ3n) is 1.98. The molecule has 0 saturated heterocycles. The SMILES string of the molecule is CC(=O)Oc1cccc([C@@H](N)CC(F)F)c1.Cl. The normalized spacial score (nSPS) is 11.8. The van der Waals surface area contributed by atoms with Crippen LogP contribution >= 0.6 is 12.4 Å². The van der Waals surface area contributed by atoms with Crippen LogP contribution in [-0.4, -0.2) is 12.4 Å². The zero-order valence-electron chi connectivity index (χ0n) is 9.23. The Hall–Kier alpha value is -1.20. The molecule has 0 spiro atoms. The van der Waals surface area contributed by atoms with Crippen LogP contribution in [0.4, 0.5) is 8.78 Å². The standard InChI is InChI=1S/C11H13F2NO2.ClH/c1-7(15)16-9-4-2-3-8(5-9)10(14)6-11(12)13;/h2-5,10-11H,6,14H2,1H3;1H/t10-;/m0./s1. The van der Waals surface area contributed by atoms with E-state index in [1.165, 1.54) is 13.0 Å². The van der Waals surface area contributed by atoms with Crippen molar-refractivity contribution < 1.29 is 18.3 Å². The molecule has 3 nitrogen and oxygen atoms in total. The largest absolute Gasteiger partial charge is 0.427 e. The van der Waals surface area contributed by atoms with Gasteiger partial charge in [0.15, 0.2) is 0 Å². The Morgan fingerprint density at radius 3 is 2.65 bits per heavy atom. The Bertz CT molecular complexity index is 374. The minimum Gasteiger partial charge on any atom is -0.427 e. The van der Waals surface area contributed by atoms with E-state index in [9.17, 15) is 13.6 Å². The number of benzene rings is 1. The molecule has 1 rings (SSSR count). The van der Waals surface area contributed by atoms with Crippen molar-refractivity contribution in [1.82, 2.24) is 0 Å². The lowest BCUT2D eigenvalue weighted by Crippen LogP contribution is -2.14.